The molecule has 0 aromatic carbocycles. The van der Waals surface area contributed by atoms with Crippen molar-refractivity contribution in [2.24, 2.45) is 0 Å². The normalized spacial score (nSPS) is 13.1. The predicted octanol–water partition coefficient (Wildman–Crippen LogP) is 0.562. The quantitative estimate of drug-likeness (QED) is 0.647. The molecule has 0 saturated heterocycles. The van der Waals surface area contributed by atoms with Crippen LogP contribution in [-0.4, -0.2) is 43.7 Å². The van der Waals surface area contributed by atoms with E-state index in [1.807, 2.05) is 13.8 Å². The molecule has 0 atom stereocenters. The van der Waals surface area contributed by atoms with Crippen molar-refractivity contribution in [1.29, 1.82) is 0 Å². The van der Waals surface area contributed by atoms with Crippen LogP contribution in [0.15, 0.2) is 0 Å². The van der Waals surface area contributed by atoms with Crippen LogP contribution in [0, 0.1) is 0 Å². The van der Waals surface area contributed by atoms with Gasteiger partial charge in [0.2, 0.25) is 0 Å². The lowest BCUT2D eigenvalue weighted by atomic mass is 9.94. The highest BCUT2D eigenvalue weighted by Crippen LogP contribution is 2.13. The number of aliphatic hydroxyl groups is 1. The summed E-state index contributed by atoms with van der Waals surface area (Å²) in [6.45, 7) is 6.08. The second kappa shape index (κ2) is 6.45. The standard InChI is InChI=1S/C10H23NO3S/c1-4-10(5-2,9-12)11-7-8-15(13,14)6-3/h11-12H,4-9H2,1-3H3. The van der Waals surface area contributed by atoms with Gasteiger partial charge in [0.1, 0.15) is 0 Å². The molecular weight excluding hydrogens is 214 g/mol. The van der Waals surface area contributed by atoms with E-state index in [0.29, 0.717) is 6.54 Å². The average Bonchev–Trinajstić information content (AvgIpc) is 2.25. The molecule has 0 aliphatic rings. The van der Waals surface area contributed by atoms with Gasteiger partial charge in [-0.05, 0) is 12.8 Å². The lowest BCUT2D eigenvalue weighted by Gasteiger charge is -2.30. The fourth-order valence-corrected chi connectivity index (χ4v) is 2.10. The minimum absolute atomic E-state index is 0.0478. The first-order valence-corrected chi connectivity index (χ1v) is 7.33. The van der Waals surface area contributed by atoms with Crippen LogP contribution in [0.5, 0.6) is 0 Å². The van der Waals surface area contributed by atoms with E-state index < -0.39 is 9.84 Å². The Kier molecular flexibility index (Phi) is 6.40. The van der Waals surface area contributed by atoms with Gasteiger partial charge in [0.05, 0.1) is 12.4 Å². The topological polar surface area (TPSA) is 66.4 Å². The zero-order valence-corrected chi connectivity index (χ0v) is 10.7. The second-order valence-corrected chi connectivity index (χ2v) is 6.28. The minimum Gasteiger partial charge on any atom is -0.394 e. The van der Waals surface area contributed by atoms with Gasteiger partial charge in [0, 0.05) is 17.8 Å². The SMILES string of the molecule is CCC(CC)(CO)NCCS(=O)(=O)CC. The maximum Gasteiger partial charge on any atom is 0.151 e. The summed E-state index contributed by atoms with van der Waals surface area (Å²) in [5, 5.41) is 12.4. The van der Waals surface area contributed by atoms with Crippen molar-refractivity contribution < 1.29 is 13.5 Å². The van der Waals surface area contributed by atoms with E-state index in [0.717, 1.165) is 12.8 Å². The molecule has 0 radical (unpaired) electrons. The van der Waals surface area contributed by atoms with Crippen molar-refractivity contribution in [2.75, 3.05) is 24.7 Å². The van der Waals surface area contributed by atoms with Gasteiger partial charge in [-0.1, -0.05) is 20.8 Å². The maximum absolute atomic E-state index is 11.2. The Hall–Kier alpha value is -0.130. The number of hydrogen-bond acceptors (Lipinski definition) is 4. The summed E-state index contributed by atoms with van der Waals surface area (Å²) in [5.41, 5.74) is -0.316. The van der Waals surface area contributed by atoms with E-state index in [-0.39, 0.29) is 23.7 Å². The fourth-order valence-electron chi connectivity index (χ4n) is 1.40. The molecule has 0 aromatic rings. The molecular formula is C10H23NO3S. The Labute approximate surface area is 93.0 Å². The van der Waals surface area contributed by atoms with Crippen LogP contribution in [0.2, 0.25) is 0 Å². The molecule has 0 unspecified atom stereocenters. The molecule has 0 amide bonds. The molecule has 0 bridgehead atoms. The molecule has 0 aliphatic heterocycles. The number of aliphatic hydroxyl groups excluding tert-OH is 1. The van der Waals surface area contributed by atoms with E-state index in [1.165, 1.54) is 0 Å². The average molecular weight is 237 g/mol. The molecule has 0 saturated carbocycles. The van der Waals surface area contributed by atoms with Crippen LogP contribution < -0.4 is 5.32 Å². The molecule has 0 fully saturated rings. The highest BCUT2D eigenvalue weighted by atomic mass is 32.2. The highest BCUT2D eigenvalue weighted by molar-refractivity contribution is 7.91. The summed E-state index contributed by atoms with van der Waals surface area (Å²) in [5.74, 6) is 0.324. The molecule has 4 nitrogen and oxygen atoms in total. The summed E-state index contributed by atoms with van der Waals surface area (Å²) in [6, 6.07) is 0. The number of hydrogen-bond donors (Lipinski definition) is 2. The first-order chi connectivity index (χ1) is 6.95. The van der Waals surface area contributed by atoms with Crippen molar-refractivity contribution in [3.05, 3.63) is 0 Å². The second-order valence-electron chi connectivity index (χ2n) is 3.81. The Morgan fingerprint density at radius 3 is 2.07 bits per heavy atom. The van der Waals surface area contributed by atoms with Gasteiger partial charge in [-0.25, -0.2) is 8.42 Å². The molecule has 92 valence electrons. The van der Waals surface area contributed by atoms with Crippen LogP contribution in [0.25, 0.3) is 0 Å². The van der Waals surface area contributed by atoms with Crippen molar-refractivity contribution in [3.63, 3.8) is 0 Å². The maximum atomic E-state index is 11.2. The fraction of sp³-hybridized carbons (Fsp3) is 1.00. The third-order valence-electron chi connectivity index (χ3n) is 3.01. The monoisotopic (exact) mass is 237 g/mol. The Bertz CT molecular complexity index is 250. The molecule has 15 heavy (non-hydrogen) atoms. The largest absolute Gasteiger partial charge is 0.394 e. The molecule has 0 rings (SSSR count). The molecule has 0 aliphatic carbocycles. The summed E-state index contributed by atoms with van der Waals surface area (Å²) in [4.78, 5) is 0. The lowest BCUT2D eigenvalue weighted by molar-refractivity contribution is 0.153. The number of nitrogens with one attached hydrogen (secondary N) is 1. The summed E-state index contributed by atoms with van der Waals surface area (Å²) in [7, 11) is -2.91. The van der Waals surface area contributed by atoms with Crippen LogP contribution in [0.1, 0.15) is 33.6 Å². The first-order valence-electron chi connectivity index (χ1n) is 5.51. The third kappa shape index (κ3) is 4.95. The van der Waals surface area contributed by atoms with Crippen LogP contribution in [0.4, 0.5) is 0 Å². The van der Waals surface area contributed by atoms with Crippen LogP contribution >= 0.6 is 0 Å². The zero-order chi connectivity index (χ0) is 11.9. The third-order valence-corrected chi connectivity index (χ3v) is 4.71. The van der Waals surface area contributed by atoms with Gasteiger partial charge >= 0.3 is 0 Å². The summed E-state index contributed by atoms with van der Waals surface area (Å²) in [6.07, 6.45) is 1.60. The van der Waals surface area contributed by atoms with Gasteiger partial charge in [0.15, 0.2) is 9.84 Å². The molecule has 0 heterocycles. The molecule has 0 aromatic heterocycles. The van der Waals surface area contributed by atoms with Gasteiger partial charge in [-0.15, -0.1) is 0 Å². The van der Waals surface area contributed by atoms with Gasteiger partial charge < -0.3 is 10.4 Å². The van der Waals surface area contributed by atoms with E-state index in [2.05, 4.69) is 5.32 Å². The van der Waals surface area contributed by atoms with Crippen molar-refractivity contribution >= 4 is 9.84 Å². The molecule has 0 spiro atoms. The van der Waals surface area contributed by atoms with Crippen LogP contribution in [0.3, 0.4) is 0 Å². The predicted molar refractivity (Wildman–Crippen MR) is 62.7 cm³/mol. The Morgan fingerprint density at radius 1 is 1.20 bits per heavy atom. The Balaban J connectivity index is 4.13. The van der Waals surface area contributed by atoms with E-state index >= 15 is 0 Å². The van der Waals surface area contributed by atoms with E-state index in [1.54, 1.807) is 6.92 Å². The molecule has 5 heteroatoms. The lowest BCUT2D eigenvalue weighted by Crippen LogP contribution is -2.49. The van der Waals surface area contributed by atoms with E-state index in [4.69, 9.17) is 0 Å². The number of rotatable bonds is 8. The van der Waals surface area contributed by atoms with Crippen molar-refractivity contribution in [1.82, 2.24) is 5.32 Å². The van der Waals surface area contributed by atoms with Crippen molar-refractivity contribution in [3.8, 4) is 0 Å². The van der Waals surface area contributed by atoms with Gasteiger partial charge in [-0.3, -0.25) is 0 Å². The number of sulfone groups is 1. The van der Waals surface area contributed by atoms with Gasteiger partial charge in [0.25, 0.3) is 0 Å². The summed E-state index contributed by atoms with van der Waals surface area (Å²) >= 11 is 0. The van der Waals surface area contributed by atoms with Gasteiger partial charge in [-0.2, -0.15) is 0 Å². The van der Waals surface area contributed by atoms with Crippen molar-refractivity contribution in [2.45, 2.75) is 39.2 Å². The van der Waals surface area contributed by atoms with E-state index in [9.17, 15) is 13.5 Å². The Morgan fingerprint density at radius 2 is 1.73 bits per heavy atom. The minimum atomic E-state index is -2.91. The zero-order valence-electron chi connectivity index (χ0n) is 9.91. The smallest absolute Gasteiger partial charge is 0.151 e. The summed E-state index contributed by atoms with van der Waals surface area (Å²) < 4.78 is 22.5. The molecule has 2 N–H and O–H groups in total. The van der Waals surface area contributed by atoms with Crippen LogP contribution in [-0.2, 0) is 9.84 Å². The highest BCUT2D eigenvalue weighted by Gasteiger charge is 2.24. The first kappa shape index (κ1) is 14.9.